The van der Waals surface area contributed by atoms with Crippen molar-refractivity contribution in [3.05, 3.63) is 46.8 Å². The van der Waals surface area contributed by atoms with Crippen molar-refractivity contribution in [1.29, 1.82) is 0 Å². The summed E-state index contributed by atoms with van der Waals surface area (Å²) in [6, 6.07) is 5.79. The molecule has 0 unspecified atom stereocenters. The summed E-state index contributed by atoms with van der Waals surface area (Å²) < 4.78 is 2.32. The summed E-state index contributed by atoms with van der Waals surface area (Å²) in [5.74, 6) is 2.46. The van der Waals surface area contributed by atoms with Crippen LogP contribution in [0, 0.1) is 13.8 Å². The molecule has 0 aliphatic carbocycles. The first-order valence-corrected chi connectivity index (χ1v) is 10.5. The lowest BCUT2D eigenvalue weighted by atomic mass is 9.92. The highest BCUT2D eigenvalue weighted by Crippen LogP contribution is 2.32. The normalized spacial score (nSPS) is 18.4. The number of imidazole rings is 2. The number of piperidine rings is 1. The first-order valence-electron chi connectivity index (χ1n) is 10.5. The van der Waals surface area contributed by atoms with Gasteiger partial charge in [-0.1, -0.05) is 6.07 Å². The lowest BCUT2D eigenvalue weighted by molar-refractivity contribution is 0.0711. The molecule has 2 aliphatic rings. The van der Waals surface area contributed by atoms with Crippen LogP contribution in [-0.2, 0) is 13.1 Å². The Kier molecular flexibility index (Phi) is 4.42. The summed E-state index contributed by atoms with van der Waals surface area (Å²) in [5, 5.41) is 0. The van der Waals surface area contributed by atoms with Crippen molar-refractivity contribution in [1.82, 2.24) is 29.3 Å². The monoisotopic (exact) mass is 392 g/mol. The zero-order valence-corrected chi connectivity index (χ0v) is 17.4. The Morgan fingerprint density at radius 2 is 1.90 bits per heavy atom. The summed E-state index contributed by atoms with van der Waals surface area (Å²) in [4.78, 5) is 30.5. The van der Waals surface area contributed by atoms with E-state index in [4.69, 9.17) is 4.98 Å². The molecule has 0 atom stereocenters. The molecule has 5 rings (SSSR count). The number of nitrogens with zero attached hydrogens (tertiary/aromatic N) is 5. The van der Waals surface area contributed by atoms with E-state index in [-0.39, 0.29) is 5.91 Å². The minimum absolute atomic E-state index is 0.0570. The third-order valence-corrected chi connectivity index (χ3v) is 6.48. The number of benzene rings is 1. The molecule has 2 aromatic heterocycles. The van der Waals surface area contributed by atoms with Gasteiger partial charge in [-0.2, -0.15) is 0 Å². The van der Waals surface area contributed by atoms with E-state index in [1.807, 2.05) is 30.0 Å². The number of likely N-dealkylation sites (tertiary alicyclic amines) is 1. The summed E-state index contributed by atoms with van der Waals surface area (Å²) in [5.41, 5.74) is 4.79. The van der Waals surface area contributed by atoms with Gasteiger partial charge in [-0.15, -0.1) is 0 Å². The second kappa shape index (κ2) is 6.99. The van der Waals surface area contributed by atoms with E-state index >= 15 is 0 Å². The Labute approximate surface area is 170 Å². The molecule has 152 valence electrons. The van der Waals surface area contributed by atoms with Crippen LogP contribution in [0.2, 0.25) is 0 Å². The van der Waals surface area contributed by atoms with E-state index in [0.29, 0.717) is 24.6 Å². The molecule has 0 spiro atoms. The van der Waals surface area contributed by atoms with Gasteiger partial charge >= 0.3 is 0 Å². The van der Waals surface area contributed by atoms with Gasteiger partial charge in [-0.3, -0.25) is 4.79 Å². The van der Waals surface area contributed by atoms with Crippen LogP contribution in [0.15, 0.2) is 18.2 Å². The van der Waals surface area contributed by atoms with Gasteiger partial charge < -0.3 is 19.4 Å². The number of para-hydroxylation sites is 1. The largest absolute Gasteiger partial charge is 0.342 e. The molecule has 0 bridgehead atoms. The molecule has 2 aliphatic heterocycles. The first-order chi connectivity index (χ1) is 14.0. The second-order valence-electron chi connectivity index (χ2n) is 8.47. The van der Waals surface area contributed by atoms with Crippen molar-refractivity contribution < 1.29 is 4.79 Å². The average molecular weight is 393 g/mol. The van der Waals surface area contributed by atoms with Crippen LogP contribution in [-0.4, -0.2) is 61.9 Å². The van der Waals surface area contributed by atoms with Gasteiger partial charge in [0.1, 0.15) is 17.2 Å². The number of hydrogen-bond donors (Lipinski definition) is 1. The van der Waals surface area contributed by atoms with Crippen molar-refractivity contribution in [3.8, 4) is 0 Å². The van der Waals surface area contributed by atoms with E-state index in [9.17, 15) is 4.79 Å². The number of aryl methyl sites for hydroxylation is 2. The molecular weight excluding hydrogens is 364 g/mol. The Balaban J connectivity index is 1.45. The van der Waals surface area contributed by atoms with Crippen molar-refractivity contribution in [2.24, 2.45) is 0 Å². The number of nitrogens with one attached hydrogen (secondary N) is 1. The molecule has 1 fully saturated rings. The molecule has 0 radical (unpaired) electrons. The highest BCUT2D eigenvalue weighted by Gasteiger charge is 2.31. The third-order valence-electron chi connectivity index (χ3n) is 6.48. The lowest BCUT2D eigenvalue weighted by Gasteiger charge is -2.32. The SMILES string of the molecule is Cc1nc2c(C(=O)N3CCn4c(C)nc(C5CCN(C)CC5)c4C3)cccc2[nH]1. The van der Waals surface area contributed by atoms with Crippen LogP contribution in [0.3, 0.4) is 0 Å². The van der Waals surface area contributed by atoms with Crippen molar-refractivity contribution in [3.63, 3.8) is 0 Å². The molecule has 1 saturated heterocycles. The number of aromatic nitrogens is 4. The maximum atomic E-state index is 13.4. The fourth-order valence-corrected chi connectivity index (χ4v) is 4.86. The molecule has 1 amide bonds. The van der Waals surface area contributed by atoms with Crippen molar-refractivity contribution >= 4 is 16.9 Å². The Hall–Kier alpha value is -2.67. The van der Waals surface area contributed by atoms with E-state index in [1.54, 1.807) is 0 Å². The molecule has 1 aromatic carbocycles. The number of fused-ring (bicyclic) bond motifs is 2. The van der Waals surface area contributed by atoms with Gasteiger partial charge in [0.15, 0.2) is 0 Å². The van der Waals surface area contributed by atoms with Gasteiger partial charge in [-0.25, -0.2) is 9.97 Å². The minimum atomic E-state index is 0.0570. The van der Waals surface area contributed by atoms with Crippen LogP contribution in [0.25, 0.3) is 11.0 Å². The molecular formula is C22H28N6O. The second-order valence-corrected chi connectivity index (χ2v) is 8.47. The first kappa shape index (κ1) is 18.4. The molecule has 0 saturated carbocycles. The van der Waals surface area contributed by atoms with E-state index in [0.717, 1.165) is 55.2 Å². The fourth-order valence-electron chi connectivity index (χ4n) is 4.86. The lowest BCUT2D eigenvalue weighted by Crippen LogP contribution is -2.39. The average Bonchev–Trinajstić information content (AvgIpc) is 3.26. The van der Waals surface area contributed by atoms with Gasteiger partial charge in [0.25, 0.3) is 5.91 Å². The third kappa shape index (κ3) is 3.13. The topological polar surface area (TPSA) is 70.1 Å². The predicted octanol–water partition coefficient (Wildman–Crippen LogP) is 2.84. The van der Waals surface area contributed by atoms with Crippen molar-refractivity contribution in [2.45, 2.75) is 45.7 Å². The molecule has 1 N–H and O–H groups in total. The van der Waals surface area contributed by atoms with Crippen LogP contribution < -0.4 is 0 Å². The standard InChI is InChI=1S/C22H28N6O/c1-14-23-18-6-4-5-17(21(18)24-14)22(29)27-11-12-28-15(2)25-20(19(28)13-27)16-7-9-26(3)10-8-16/h4-6,16H,7-13H2,1-3H3,(H,23,24). The molecule has 3 aromatic rings. The number of amides is 1. The number of carbonyl (C=O) groups excluding carboxylic acids is 1. The van der Waals surface area contributed by atoms with E-state index in [2.05, 4.69) is 33.4 Å². The molecule has 7 heteroatoms. The quantitative estimate of drug-likeness (QED) is 0.728. The van der Waals surface area contributed by atoms with Gasteiger partial charge in [0.05, 0.1) is 29.0 Å². The smallest absolute Gasteiger partial charge is 0.256 e. The molecule has 4 heterocycles. The minimum Gasteiger partial charge on any atom is -0.342 e. The van der Waals surface area contributed by atoms with Gasteiger partial charge in [-0.05, 0) is 59.0 Å². The maximum absolute atomic E-state index is 13.4. The van der Waals surface area contributed by atoms with E-state index < -0.39 is 0 Å². The maximum Gasteiger partial charge on any atom is 0.256 e. The Morgan fingerprint density at radius 3 is 2.69 bits per heavy atom. The summed E-state index contributed by atoms with van der Waals surface area (Å²) in [7, 11) is 2.18. The number of hydrogen-bond acceptors (Lipinski definition) is 4. The zero-order chi connectivity index (χ0) is 20.1. The van der Waals surface area contributed by atoms with Gasteiger partial charge in [0.2, 0.25) is 0 Å². The van der Waals surface area contributed by atoms with Crippen LogP contribution in [0.4, 0.5) is 0 Å². The number of carbonyl (C=O) groups is 1. The predicted molar refractivity (Wildman–Crippen MR) is 112 cm³/mol. The summed E-state index contributed by atoms with van der Waals surface area (Å²) in [6.45, 7) is 8.37. The summed E-state index contributed by atoms with van der Waals surface area (Å²) >= 11 is 0. The molecule has 7 nitrogen and oxygen atoms in total. The van der Waals surface area contributed by atoms with Gasteiger partial charge in [0, 0.05) is 19.0 Å². The molecule has 29 heavy (non-hydrogen) atoms. The van der Waals surface area contributed by atoms with Crippen molar-refractivity contribution in [2.75, 3.05) is 26.7 Å². The number of H-pyrrole nitrogens is 1. The van der Waals surface area contributed by atoms with Crippen LogP contribution in [0.5, 0.6) is 0 Å². The number of rotatable bonds is 2. The summed E-state index contributed by atoms with van der Waals surface area (Å²) in [6.07, 6.45) is 2.28. The Morgan fingerprint density at radius 1 is 1.10 bits per heavy atom. The van der Waals surface area contributed by atoms with Crippen LogP contribution in [0.1, 0.15) is 52.2 Å². The number of aromatic amines is 1. The highest BCUT2D eigenvalue weighted by molar-refractivity contribution is 6.04. The zero-order valence-electron chi connectivity index (χ0n) is 17.4. The van der Waals surface area contributed by atoms with Crippen LogP contribution >= 0.6 is 0 Å². The Bertz CT molecular complexity index is 1070. The highest BCUT2D eigenvalue weighted by atomic mass is 16.2. The fraction of sp³-hybridized carbons (Fsp3) is 0.500. The van der Waals surface area contributed by atoms with E-state index in [1.165, 1.54) is 11.4 Å².